The van der Waals surface area contributed by atoms with E-state index in [4.69, 9.17) is 4.74 Å². The van der Waals surface area contributed by atoms with Crippen molar-refractivity contribution in [3.05, 3.63) is 29.8 Å². The van der Waals surface area contributed by atoms with Gasteiger partial charge in [-0.3, -0.25) is 19.7 Å². The molecule has 1 aromatic rings. The van der Waals surface area contributed by atoms with Gasteiger partial charge in [-0.2, -0.15) is 0 Å². The standard InChI is InChI=1S/C22H30N4O5/c1-13(2)17(23-18(27)14-7-9-16(31-4)10-8-14)19(28)26-11-5-6-15(12-26)22(3)20(29)24-21(30)25-22/h7-10,13,15,17H,5-6,11-12H2,1-4H3,(H,23,27)(H2,24,25,29,30). The highest BCUT2D eigenvalue weighted by Crippen LogP contribution is 2.30. The summed E-state index contributed by atoms with van der Waals surface area (Å²) in [5.74, 6) is -0.580. The van der Waals surface area contributed by atoms with E-state index in [1.54, 1.807) is 43.2 Å². The molecular weight excluding hydrogens is 400 g/mol. The van der Waals surface area contributed by atoms with Crippen LogP contribution in [0.1, 0.15) is 44.0 Å². The van der Waals surface area contributed by atoms with E-state index in [-0.39, 0.29) is 29.6 Å². The van der Waals surface area contributed by atoms with Crippen molar-refractivity contribution in [2.45, 2.75) is 45.2 Å². The van der Waals surface area contributed by atoms with Crippen LogP contribution in [0.25, 0.3) is 0 Å². The highest BCUT2D eigenvalue weighted by atomic mass is 16.5. The van der Waals surface area contributed by atoms with E-state index in [0.29, 0.717) is 30.8 Å². The number of rotatable bonds is 6. The lowest BCUT2D eigenvalue weighted by molar-refractivity contribution is -0.138. The number of likely N-dealkylation sites (tertiary alicyclic amines) is 1. The first kappa shape index (κ1) is 22.6. The number of amides is 5. The van der Waals surface area contributed by atoms with E-state index in [1.165, 1.54) is 0 Å². The molecule has 2 aliphatic rings. The first-order valence-corrected chi connectivity index (χ1v) is 10.5. The maximum Gasteiger partial charge on any atom is 0.322 e. The predicted molar refractivity (Wildman–Crippen MR) is 113 cm³/mol. The van der Waals surface area contributed by atoms with Crippen molar-refractivity contribution in [2.75, 3.05) is 20.2 Å². The van der Waals surface area contributed by atoms with Crippen LogP contribution in [0.5, 0.6) is 5.75 Å². The molecule has 0 aromatic heterocycles. The molecule has 0 aliphatic carbocycles. The normalized spacial score (nSPS) is 24.4. The fraction of sp³-hybridized carbons (Fsp3) is 0.545. The Kier molecular flexibility index (Phi) is 6.52. The monoisotopic (exact) mass is 430 g/mol. The quantitative estimate of drug-likeness (QED) is 0.588. The third kappa shape index (κ3) is 4.65. The third-order valence-electron chi connectivity index (χ3n) is 6.19. The molecule has 2 fully saturated rings. The fourth-order valence-corrected chi connectivity index (χ4v) is 4.17. The largest absolute Gasteiger partial charge is 0.497 e. The number of methoxy groups -OCH3 is 1. The number of nitrogens with zero attached hydrogens (tertiary/aromatic N) is 1. The molecular formula is C22H30N4O5. The minimum absolute atomic E-state index is 0.125. The van der Waals surface area contributed by atoms with Gasteiger partial charge in [-0.25, -0.2) is 4.79 Å². The van der Waals surface area contributed by atoms with E-state index in [1.807, 2.05) is 13.8 Å². The first-order chi connectivity index (χ1) is 14.7. The Morgan fingerprint density at radius 2 is 1.90 bits per heavy atom. The zero-order valence-electron chi connectivity index (χ0n) is 18.4. The van der Waals surface area contributed by atoms with Gasteiger partial charge in [-0.15, -0.1) is 0 Å². The lowest BCUT2D eigenvalue weighted by Gasteiger charge is -2.41. The van der Waals surface area contributed by atoms with Crippen LogP contribution in [0.3, 0.4) is 0 Å². The van der Waals surface area contributed by atoms with Gasteiger partial charge in [0.2, 0.25) is 5.91 Å². The lowest BCUT2D eigenvalue weighted by Crippen LogP contribution is -2.59. The Labute approximate surface area is 181 Å². The second-order valence-corrected chi connectivity index (χ2v) is 8.66. The van der Waals surface area contributed by atoms with E-state index in [0.717, 1.165) is 6.42 Å². The van der Waals surface area contributed by atoms with E-state index < -0.39 is 17.6 Å². The number of benzene rings is 1. The van der Waals surface area contributed by atoms with Gasteiger partial charge in [-0.1, -0.05) is 13.8 Å². The molecule has 0 radical (unpaired) electrons. The van der Waals surface area contributed by atoms with Gasteiger partial charge in [0.05, 0.1) is 7.11 Å². The Morgan fingerprint density at radius 3 is 2.45 bits per heavy atom. The molecule has 0 saturated carbocycles. The second kappa shape index (κ2) is 8.95. The summed E-state index contributed by atoms with van der Waals surface area (Å²) in [4.78, 5) is 51.7. The van der Waals surface area contributed by atoms with Crippen molar-refractivity contribution in [2.24, 2.45) is 11.8 Å². The number of urea groups is 1. The smallest absolute Gasteiger partial charge is 0.322 e. The number of hydrogen-bond acceptors (Lipinski definition) is 5. The Hall–Kier alpha value is -3.10. The van der Waals surface area contributed by atoms with Gasteiger partial charge in [0.25, 0.3) is 11.8 Å². The third-order valence-corrected chi connectivity index (χ3v) is 6.19. The number of imide groups is 1. The molecule has 1 aromatic carbocycles. The number of hydrogen-bond donors (Lipinski definition) is 3. The SMILES string of the molecule is COc1ccc(C(=O)NC(C(=O)N2CCCC(C3(C)NC(=O)NC3=O)C2)C(C)C)cc1. The number of piperidine rings is 1. The van der Waals surface area contributed by atoms with Crippen LogP contribution in [0.2, 0.25) is 0 Å². The summed E-state index contributed by atoms with van der Waals surface area (Å²) in [6.07, 6.45) is 1.44. The van der Waals surface area contributed by atoms with Gasteiger partial charge in [0.15, 0.2) is 0 Å². The molecule has 31 heavy (non-hydrogen) atoms. The summed E-state index contributed by atoms with van der Waals surface area (Å²) in [6.45, 7) is 6.33. The fourth-order valence-electron chi connectivity index (χ4n) is 4.17. The molecule has 0 bridgehead atoms. The van der Waals surface area contributed by atoms with Crippen molar-refractivity contribution in [3.8, 4) is 5.75 Å². The van der Waals surface area contributed by atoms with Gasteiger partial charge in [0.1, 0.15) is 17.3 Å². The summed E-state index contributed by atoms with van der Waals surface area (Å²) in [6, 6.07) is 5.47. The minimum Gasteiger partial charge on any atom is -0.497 e. The Morgan fingerprint density at radius 1 is 1.23 bits per heavy atom. The van der Waals surface area contributed by atoms with Crippen molar-refractivity contribution in [3.63, 3.8) is 0 Å². The average molecular weight is 431 g/mol. The van der Waals surface area contributed by atoms with Crippen molar-refractivity contribution >= 4 is 23.8 Å². The van der Waals surface area contributed by atoms with E-state index in [2.05, 4.69) is 16.0 Å². The highest BCUT2D eigenvalue weighted by molar-refractivity contribution is 6.07. The van der Waals surface area contributed by atoms with Crippen molar-refractivity contribution < 1.29 is 23.9 Å². The van der Waals surface area contributed by atoms with Crippen LogP contribution in [-0.2, 0) is 9.59 Å². The minimum atomic E-state index is -1.05. The lowest BCUT2D eigenvalue weighted by atomic mass is 9.80. The summed E-state index contributed by atoms with van der Waals surface area (Å²) in [5.41, 5.74) is -0.607. The molecule has 3 N–H and O–H groups in total. The molecule has 2 saturated heterocycles. The van der Waals surface area contributed by atoms with Crippen LogP contribution < -0.4 is 20.7 Å². The second-order valence-electron chi connectivity index (χ2n) is 8.66. The van der Waals surface area contributed by atoms with Gasteiger partial charge in [-0.05, 0) is 49.9 Å². The van der Waals surface area contributed by atoms with Crippen LogP contribution in [0, 0.1) is 11.8 Å². The zero-order valence-corrected chi connectivity index (χ0v) is 18.4. The Balaban J connectivity index is 1.71. The number of carbonyl (C=O) groups excluding carboxylic acids is 4. The maximum atomic E-state index is 13.3. The van der Waals surface area contributed by atoms with Gasteiger partial charge >= 0.3 is 6.03 Å². The van der Waals surface area contributed by atoms with Crippen LogP contribution in [-0.4, -0.2) is 60.4 Å². The first-order valence-electron chi connectivity index (χ1n) is 10.5. The van der Waals surface area contributed by atoms with Crippen LogP contribution >= 0.6 is 0 Å². The topological polar surface area (TPSA) is 117 Å². The van der Waals surface area contributed by atoms with Crippen LogP contribution in [0.15, 0.2) is 24.3 Å². The van der Waals surface area contributed by atoms with Crippen molar-refractivity contribution in [1.82, 2.24) is 20.9 Å². The van der Waals surface area contributed by atoms with E-state index in [9.17, 15) is 19.2 Å². The molecule has 9 nitrogen and oxygen atoms in total. The number of ether oxygens (including phenoxy) is 1. The van der Waals surface area contributed by atoms with E-state index >= 15 is 0 Å². The molecule has 3 unspecified atom stereocenters. The maximum absolute atomic E-state index is 13.3. The molecule has 2 heterocycles. The van der Waals surface area contributed by atoms with Crippen molar-refractivity contribution in [1.29, 1.82) is 0 Å². The molecule has 3 rings (SSSR count). The summed E-state index contributed by atoms with van der Waals surface area (Å²) < 4.78 is 5.11. The highest BCUT2D eigenvalue weighted by Gasteiger charge is 2.49. The van der Waals surface area contributed by atoms with Gasteiger partial charge in [0, 0.05) is 24.6 Å². The summed E-state index contributed by atoms with van der Waals surface area (Å²) in [5, 5.41) is 7.85. The van der Waals surface area contributed by atoms with Gasteiger partial charge < -0.3 is 20.3 Å². The van der Waals surface area contributed by atoms with Crippen LogP contribution in [0.4, 0.5) is 4.79 Å². The molecule has 9 heteroatoms. The zero-order chi connectivity index (χ0) is 22.8. The molecule has 5 amide bonds. The predicted octanol–water partition coefficient (Wildman–Crippen LogP) is 1.29. The molecule has 0 spiro atoms. The average Bonchev–Trinajstić information content (AvgIpc) is 3.03. The Bertz CT molecular complexity index is 869. The molecule has 2 aliphatic heterocycles. The summed E-state index contributed by atoms with van der Waals surface area (Å²) in [7, 11) is 1.55. The molecule has 3 atom stereocenters. The summed E-state index contributed by atoms with van der Waals surface area (Å²) >= 11 is 0. The number of nitrogens with one attached hydrogen (secondary N) is 3. The molecule has 168 valence electrons. The number of carbonyl (C=O) groups is 4.